The maximum absolute atomic E-state index is 9.17. The van der Waals surface area contributed by atoms with E-state index in [1.54, 1.807) is 0 Å². The number of rotatable bonds is 13. The average molecular weight is 924 g/mol. The van der Waals surface area contributed by atoms with Crippen LogP contribution in [0.3, 0.4) is 0 Å². The molecule has 0 heterocycles. The first-order valence-electron chi connectivity index (χ1n) is 22.6. The predicted molar refractivity (Wildman–Crippen MR) is 264 cm³/mol. The van der Waals surface area contributed by atoms with E-state index in [0.29, 0.717) is 11.8 Å². The van der Waals surface area contributed by atoms with E-state index in [1.165, 1.54) is 89.0 Å². The Kier molecular flexibility index (Phi) is 12.5. The summed E-state index contributed by atoms with van der Waals surface area (Å²) in [5, 5.41) is 0. The Balaban J connectivity index is 1.46. The van der Waals surface area contributed by atoms with E-state index in [-0.39, 0.29) is 7.25 Å². The molecule has 0 aromatic heterocycles. The normalized spacial score (nSPS) is 17.7. The fourth-order valence-electron chi connectivity index (χ4n) is 10.8. The molecule has 0 saturated carbocycles. The third-order valence-corrected chi connectivity index (χ3v) is 66.2. The zero-order chi connectivity index (χ0) is 42.4. The van der Waals surface area contributed by atoms with Crippen LogP contribution in [0.25, 0.3) is 56.7 Å². The van der Waals surface area contributed by atoms with Crippen molar-refractivity contribution in [3.05, 3.63) is 178 Å². The van der Waals surface area contributed by atoms with Gasteiger partial charge in [-0.05, 0) is 0 Å². The molecule has 0 amide bonds. The Morgan fingerprint density at radius 1 is 0.483 bits per heavy atom. The summed E-state index contributed by atoms with van der Waals surface area (Å²) in [6, 6.07) is 49.7. The van der Waals surface area contributed by atoms with Gasteiger partial charge in [0.25, 0.3) is 0 Å². The first-order valence-corrected chi connectivity index (χ1v) is 38.9. The van der Waals surface area contributed by atoms with E-state index in [4.69, 9.17) is 0 Å². The van der Waals surface area contributed by atoms with Crippen LogP contribution in [-0.4, -0.2) is 5.92 Å². The van der Waals surface area contributed by atoms with Gasteiger partial charge in [-0.15, -0.1) is 0 Å². The number of aryl methyl sites for hydroxylation is 2. The van der Waals surface area contributed by atoms with E-state index >= 15 is 0 Å². The second kappa shape index (κ2) is 17.3. The zero-order valence-corrected chi connectivity index (χ0v) is 42.0. The number of hydrogen-bond acceptors (Lipinski definition) is 0. The van der Waals surface area contributed by atoms with Gasteiger partial charge in [-0.3, -0.25) is 0 Å². The molecule has 60 heavy (non-hydrogen) atoms. The Bertz CT molecular complexity index is 2430. The summed E-state index contributed by atoms with van der Waals surface area (Å²) in [6.45, 7) is 19.1. The van der Waals surface area contributed by atoms with Crippen LogP contribution in [0, 0.1) is 11.8 Å². The number of hydrogen-bond donors (Lipinski definition) is 0. The van der Waals surface area contributed by atoms with E-state index in [9.17, 15) is 17.0 Å². The average Bonchev–Trinajstić information content (AvgIpc) is 3.90. The minimum atomic E-state index is -5.19. The number of fused-ring (bicyclic) bond motifs is 2. The van der Waals surface area contributed by atoms with Gasteiger partial charge >= 0.3 is 373 Å². The van der Waals surface area contributed by atoms with Gasteiger partial charge in [-0.25, -0.2) is 0 Å². The van der Waals surface area contributed by atoms with Crippen LogP contribution in [-0.2, 0) is 28.4 Å². The summed E-state index contributed by atoms with van der Waals surface area (Å²) in [6.07, 6.45) is 9.17. The van der Waals surface area contributed by atoms with E-state index in [2.05, 4.69) is 200 Å². The molecule has 4 atom stereocenters. The third-order valence-electron chi connectivity index (χ3n) is 14.5. The number of halogens is 2. The van der Waals surface area contributed by atoms with Crippen LogP contribution in [0.1, 0.15) is 95.0 Å². The molecule has 0 saturated heterocycles. The van der Waals surface area contributed by atoms with Gasteiger partial charge in [0.1, 0.15) is 0 Å². The molecule has 0 bridgehead atoms. The fraction of sp³-hybridized carbons (Fsp3) is 0.286. The molecule has 0 spiro atoms. The van der Waals surface area contributed by atoms with Crippen molar-refractivity contribution in [2.45, 2.75) is 87.6 Å². The standard InChI is InChI=1S/2C27H27.C2H7Si.2ClH.Zr/c2*1-4-19(3)23-17-22-15-16-25(21-12-7-6-8-13-21)27(26(22)18-23)24-14-10-9-11-20(24)5-2;1-3-2;;;/h2*6-19H,4-5H2,1-3H3;3H,1-2H3;2*1H;/q;;;;;+2/p-2. The van der Waals surface area contributed by atoms with Crippen molar-refractivity contribution in [2.75, 3.05) is 0 Å². The van der Waals surface area contributed by atoms with Gasteiger partial charge in [0.2, 0.25) is 0 Å². The number of benzene rings is 6. The summed E-state index contributed by atoms with van der Waals surface area (Å²) < 4.78 is 0.0136. The third kappa shape index (κ3) is 7.07. The van der Waals surface area contributed by atoms with Crippen LogP contribution in [0.15, 0.2) is 145 Å². The molecule has 0 fully saturated rings. The molecular formula is C56H61Cl2SiZr. The second-order valence-electron chi connectivity index (χ2n) is 17.9. The zero-order valence-electron chi connectivity index (χ0n) is 36.8. The van der Waals surface area contributed by atoms with Crippen molar-refractivity contribution in [3.63, 3.8) is 0 Å². The van der Waals surface area contributed by atoms with Crippen LogP contribution >= 0.6 is 17.0 Å². The fourth-order valence-corrected chi connectivity index (χ4v) is 42.0. The maximum atomic E-state index is 9.17. The molecule has 2 aliphatic carbocycles. The van der Waals surface area contributed by atoms with Crippen LogP contribution in [0.2, 0.25) is 13.1 Å². The molecule has 8 rings (SSSR count). The second-order valence-corrected chi connectivity index (χ2v) is 60.4. The van der Waals surface area contributed by atoms with E-state index < -0.39 is 21.5 Å². The molecule has 4 unspecified atom stereocenters. The first kappa shape index (κ1) is 43.1. The molecule has 4 heteroatoms. The van der Waals surface area contributed by atoms with Gasteiger partial charge < -0.3 is 0 Å². The van der Waals surface area contributed by atoms with Gasteiger partial charge in [-0.2, -0.15) is 0 Å². The van der Waals surface area contributed by atoms with Gasteiger partial charge in [0.15, 0.2) is 0 Å². The monoisotopic (exact) mass is 921 g/mol. The Hall–Kier alpha value is -3.52. The van der Waals surface area contributed by atoms with Crippen LogP contribution in [0.5, 0.6) is 0 Å². The van der Waals surface area contributed by atoms with Crippen molar-refractivity contribution < 1.29 is 15.6 Å². The summed E-state index contributed by atoms with van der Waals surface area (Å²) in [7, 11) is 18.3. The molecule has 0 aliphatic heterocycles. The van der Waals surface area contributed by atoms with Crippen molar-refractivity contribution in [3.8, 4) is 44.5 Å². The van der Waals surface area contributed by atoms with E-state index in [1.807, 2.05) is 0 Å². The number of allylic oxidation sites excluding steroid dienone is 2. The van der Waals surface area contributed by atoms with Crippen molar-refractivity contribution in [1.29, 1.82) is 0 Å². The molecule has 6 aromatic carbocycles. The molecule has 0 nitrogen and oxygen atoms in total. The minimum absolute atomic E-state index is 0.00679. The Labute approximate surface area is 369 Å². The van der Waals surface area contributed by atoms with Crippen molar-refractivity contribution in [1.82, 2.24) is 0 Å². The molecule has 6 aromatic rings. The molecule has 0 N–H and O–H groups in total. The predicted octanol–water partition coefficient (Wildman–Crippen LogP) is 17.1. The SMILES string of the molecule is CCc1ccccc1-c1c(-c2ccccc2)ccc2c1C=C(C(C)CC)[CH]2[Zr]([Cl])([Cl])([CH]1C(C(C)CC)=Cc2c1ccc(-c1ccccc1)c2-c1ccccc1CC)[SiH](C)C. The van der Waals surface area contributed by atoms with Gasteiger partial charge in [-0.1, -0.05) is 0 Å². The summed E-state index contributed by atoms with van der Waals surface area (Å²) in [4.78, 5) is 0. The molecule has 2 aliphatic rings. The summed E-state index contributed by atoms with van der Waals surface area (Å²) >= 11 is -5.19. The Morgan fingerprint density at radius 2 is 0.850 bits per heavy atom. The van der Waals surface area contributed by atoms with Gasteiger partial charge in [0, 0.05) is 0 Å². The van der Waals surface area contributed by atoms with Crippen molar-refractivity contribution in [2.24, 2.45) is 11.8 Å². The van der Waals surface area contributed by atoms with Gasteiger partial charge in [0.05, 0.1) is 0 Å². The Morgan fingerprint density at radius 3 is 1.20 bits per heavy atom. The summed E-state index contributed by atoms with van der Waals surface area (Å²) in [5.74, 6) is -1.15. The van der Waals surface area contributed by atoms with E-state index in [0.717, 1.165) is 25.7 Å². The first-order chi connectivity index (χ1) is 29.0. The van der Waals surface area contributed by atoms with Crippen LogP contribution in [0.4, 0.5) is 0 Å². The van der Waals surface area contributed by atoms with Crippen molar-refractivity contribution >= 4 is 35.1 Å². The molecular weight excluding hydrogens is 863 g/mol. The quantitative estimate of drug-likeness (QED) is 0.101. The topological polar surface area (TPSA) is 0 Å². The van der Waals surface area contributed by atoms with Crippen LogP contribution < -0.4 is 0 Å². The molecule has 307 valence electrons. The summed E-state index contributed by atoms with van der Waals surface area (Å²) in [5.41, 5.74) is 21.3. The molecule has 0 radical (unpaired) electrons.